The van der Waals surface area contributed by atoms with Crippen molar-refractivity contribution in [2.45, 2.75) is 44.2 Å². The third kappa shape index (κ3) is 2.27. The summed E-state index contributed by atoms with van der Waals surface area (Å²) in [4.78, 5) is 2.60. The van der Waals surface area contributed by atoms with Gasteiger partial charge < -0.3 is 10.5 Å². The Morgan fingerprint density at radius 2 is 2.00 bits per heavy atom. The average molecular weight is 198 g/mol. The van der Waals surface area contributed by atoms with Crippen molar-refractivity contribution in [1.29, 1.82) is 0 Å². The minimum absolute atomic E-state index is 0.479. The molecule has 0 amide bonds. The summed E-state index contributed by atoms with van der Waals surface area (Å²) in [5.41, 5.74) is 5.78. The summed E-state index contributed by atoms with van der Waals surface area (Å²) in [6.07, 6.45) is 6.97. The quantitative estimate of drug-likeness (QED) is 0.719. The summed E-state index contributed by atoms with van der Waals surface area (Å²) < 4.78 is 5.47. The number of hydrogen-bond donors (Lipinski definition) is 1. The fourth-order valence-corrected chi connectivity index (χ4v) is 2.76. The Balaban J connectivity index is 1.91. The molecule has 2 rings (SSSR count). The minimum atomic E-state index is 0.479. The van der Waals surface area contributed by atoms with Gasteiger partial charge in [0.25, 0.3) is 0 Å². The zero-order valence-corrected chi connectivity index (χ0v) is 8.95. The molecule has 0 aromatic heterocycles. The predicted octanol–water partition coefficient (Wildman–Crippen LogP) is 0.979. The minimum Gasteiger partial charge on any atom is -0.378 e. The Hall–Kier alpha value is -0.120. The van der Waals surface area contributed by atoms with Crippen LogP contribution in [0.4, 0.5) is 0 Å². The highest BCUT2D eigenvalue weighted by molar-refractivity contribution is 4.84. The molecule has 0 aromatic carbocycles. The van der Waals surface area contributed by atoms with E-state index in [1.165, 1.54) is 32.1 Å². The molecule has 2 aliphatic rings. The van der Waals surface area contributed by atoms with Crippen LogP contribution in [-0.2, 0) is 4.74 Å². The highest BCUT2D eigenvalue weighted by Crippen LogP contribution is 2.25. The maximum Gasteiger partial charge on any atom is 0.0634 e. The van der Waals surface area contributed by atoms with E-state index in [0.29, 0.717) is 6.04 Å². The monoisotopic (exact) mass is 198 g/mol. The Morgan fingerprint density at radius 1 is 1.21 bits per heavy atom. The summed E-state index contributed by atoms with van der Waals surface area (Å²) >= 11 is 0. The second-order valence-corrected chi connectivity index (χ2v) is 4.49. The van der Waals surface area contributed by atoms with E-state index in [4.69, 9.17) is 10.5 Å². The van der Waals surface area contributed by atoms with Crippen molar-refractivity contribution in [2.24, 2.45) is 5.73 Å². The zero-order valence-electron chi connectivity index (χ0n) is 8.95. The fourth-order valence-electron chi connectivity index (χ4n) is 2.76. The number of rotatable bonds is 2. The lowest BCUT2D eigenvalue weighted by atomic mass is 9.93. The van der Waals surface area contributed by atoms with Crippen molar-refractivity contribution in [3.8, 4) is 0 Å². The summed E-state index contributed by atoms with van der Waals surface area (Å²) in [6.45, 7) is 3.57. The van der Waals surface area contributed by atoms with Gasteiger partial charge in [-0.3, -0.25) is 4.90 Å². The van der Waals surface area contributed by atoms with Gasteiger partial charge in [0.1, 0.15) is 0 Å². The van der Waals surface area contributed by atoms with Crippen molar-refractivity contribution in [1.82, 2.24) is 4.90 Å². The molecule has 2 N–H and O–H groups in total. The summed E-state index contributed by atoms with van der Waals surface area (Å²) in [5, 5.41) is 0. The van der Waals surface area contributed by atoms with E-state index in [1.54, 1.807) is 0 Å². The van der Waals surface area contributed by atoms with Crippen LogP contribution < -0.4 is 5.73 Å². The number of nitrogens with two attached hydrogens (primary N) is 1. The molecular formula is C11H22N2O. The highest BCUT2D eigenvalue weighted by Gasteiger charge is 2.29. The second-order valence-electron chi connectivity index (χ2n) is 4.49. The lowest BCUT2D eigenvalue weighted by Gasteiger charge is -2.42. The van der Waals surface area contributed by atoms with Gasteiger partial charge in [0, 0.05) is 25.2 Å². The lowest BCUT2D eigenvalue weighted by Crippen LogP contribution is -2.54. The number of ether oxygens (including phenoxy) is 1. The van der Waals surface area contributed by atoms with Crippen LogP contribution in [0.5, 0.6) is 0 Å². The molecule has 0 aromatic rings. The van der Waals surface area contributed by atoms with Gasteiger partial charge in [0.05, 0.1) is 13.2 Å². The second kappa shape index (κ2) is 5.10. The largest absolute Gasteiger partial charge is 0.378 e. The standard InChI is InChI=1S/C11H22N2O/c12-8-11-9-14-7-6-13(11)10-4-2-1-3-5-10/h10-11H,1-9,12H2/t11-/m1/s1. The average Bonchev–Trinajstić information content (AvgIpc) is 2.30. The van der Waals surface area contributed by atoms with E-state index in [0.717, 1.165) is 32.3 Å². The van der Waals surface area contributed by atoms with Gasteiger partial charge in [-0.1, -0.05) is 19.3 Å². The van der Waals surface area contributed by atoms with Crippen molar-refractivity contribution < 1.29 is 4.74 Å². The van der Waals surface area contributed by atoms with Crippen LogP contribution in [0, 0.1) is 0 Å². The Kier molecular flexibility index (Phi) is 3.79. The van der Waals surface area contributed by atoms with E-state index in [2.05, 4.69) is 4.90 Å². The van der Waals surface area contributed by atoms with E-state index in [1.807, 2.05) is 0 Å². The third-order valence-electron chi connectivity index (χ3n) is 3.59. The van der Waals surface area contributed by atoms with E-state index >= 15 is 0 Å². The molecule has 14 heavy (non-hydrogen) atoms. The van der Waals surface area contributed by atoms with Gasteiger partial charge in [-0.15, -0.1) is 0 Å². The first-order valence-corrected chi connectivity index (χ1v) is 5.95. The molecule has 1 heterocycles. The van der Waals surface area contributed by atoms with Gasteiger partial charge >= 0.3 is 0 Å². The molecule has 1 aliphatic carbocycles. The SMILES string of the molecule is NC[C@@H]1COCCN1C1CCCCC1. The van der Waals surface area contributed by atoms with E-state index in [-0.39, 0.29) is 0 Å². The van der Waals surface area contributed by atoms with Crippen molar-refractivity contribution in [3.63, 3.8) is 0 Å². The highest BCUT2D eigenvalue weighted by atomic mass is 16.5. The molecule has 0 spiro atoms. The molecular weight excluding hydrogens is 176 g/mol. The molecule has 1 aliphatic heterocycles. The molecule has 1 saturated carbocycles. The molecule has 0 bridgehead atoms. The predicted molar refractivity (Wildman–Crippen MR) is 57.2 cm³/mol. The summed E-state index contributed by atoms with van der Waals surface area (Å²) in [7, 11) is 0. The third-order valence-corrected chi connectivity index (χ3v) is 3.59. The van der Waals surface area contributed by atoms with Crippen LogP contribution in [-0.4, -0.2) is 43.3 Å². The molecule has 3 nitrogen and oxygen atoms in total. The number of morpholine rings is 1. The van der Waals surface area contributed by atoms with Crippen LogP contribution in [0.2, 0.25) is 0 Å². The molecule has 82 valence electrons. The van der Waals surface area contributed by atoms with Crippen LogP contribution >= 0.6 is 0 Å². The van der Waals surface area contributed by atoms with Crippen LogP contribution in [0.3, 0.4) is 0 Å². The molecule has 2 fully saturated rings. The van der Waals surface area contributed by atoms with Gasteiger partial charge in [-0.05, 0) is 12.8 Å². The normalized spacial score (nSPS) is 31.9. The van der Waals surface area contributed by atoms with Crippen LogP contribution in [0.25, 0.3) is 0 Å². The smallest absolute Gasteiger partial charge is 0.0634 e. The maximum atomic E-state index is 5.78. The lowest BCUT2D eigenvalue weighted by molar-refractivity contribution is -0.0324. The Labute approximate surface area is 86.6 Å². The Morgan fingerprint density at radius 3 is 2.71 bits per heavy atom. The molecule has 1 atom stereocenters. The van der Waals surface area contributed by atoms with Crippen molar-refractivity contribution >= 4 is 0 Å². The first-order chi connectivity index (χ1) is 6.92. The van der Waals surface area contributed by atoms with Gasteiger partial charge in [0.2, 0.25) is 0 Å². The van der Waals surface area contributed by atoms with Crippen molar-refractivity contribution in [3.05, 3.63) is 0 Å². The first kappa shape index (κ1) is 10.4. The summed E-state index contributed by atoms with van der Waals surface area (Å²) in [5.74, 6) is 0. The van der Waals surface area contributed by atoms with E-state index in [9.17, 15) is 0 Å². The maximum absolute atomic E-state index is 5.78. The van der Waals surface area contributed by atoms with Crippen LogP contribution in [0.15, 0.2) is 0 Å². The van der Waals surface area contributed by atoms with Gasteiger partial charge in [-0.2, -0.15) is 0 Å². The zero-order chi connectivity index (χ0) is 9.80. The van der Waals surface area contributed by atoms with Crippen molar-refractivity contribution in [2.75, 3.05) is 26.3 Å². The topological polar surface area (TPSA) is 38.5 Å². The van der Waals surface area contributed by atoms with E-state index < -0.39 is 0 Å². The summed E-state index contributed by atoms with van der Waals surface area (Å²) in [6, 6.07) is 1.27. The van der Waals surface area contributed by atoms with Gasteiger partial charge in [-0.25, -0.2) is 0 Å². The number of nitrogens with zero attached hydrogens (tertiary/aromatic N) is 1. The van der Waals surface area contributed by atoms with Crippen LogP contribution in [0.1, 0.15) is 32.1 Å². The molecule has 0 radical (unpaired) electrons. The molecule has 1 saturated heterocycles. The molecule has 3 heteroatoms. The number of hydrogen-bond acceptors (Lipinski definition) is 3. The first-order valence-electron chi connectivity index (χ1n) is 5.95. The Bertz CT molecular complexity index is 169. The van der Waals surface area contributed by atoms with Gasteiger partial charge in [0.15, 0.2) is 0 Å². The molecule has 0 unspecified atom stereocenters. The fraction of sp³-hybridized carbons (Fsp3) is 1.00.